The molecule has 2 aromatic carbocycles. The van der Waals surface area contributed by atoms with Crippen molar-refractivity contribution >= 4 is 30.0 Å². The van der Waals surface area contributed by atoms with Gasteiger partial charge in [-0.2, -0.15) is 0 Å². The molecular weight excluding hydrogens is 534 g/mol. The number of amides is 3. The average Bonchev–Trinajstić information content (AvgIpc) is 3.45. The van der Waals surface area contributed by atoms with Gasteiger partial charge in [0.2, 0.25) is 11.8 Å². The largest absolute Gasteiger partial charge is 0.497 e. The highest BCUT2D eigenvalue weighted by Gasteiger charge is 2.39. The molecule has 0 spiro atoms. The van der Waals surface area contributed by atoms with E-state index in [0.29, 0.717) is 36.4 Å². The molecule has 0 radical (unpaired) electrons. The van der Waals surface area contributed by atoms with Crippen LogP contribution >= 0.6 is 0 Å². The van der Waals surface area contributed by atoms with Gasteiger partial charge in [0.1, 0.15) is 41.4 Å². The van der Waals surface area contributed by atoms with Gasteiger partial charge >= 0.3 is 5.97 Å². The molecule has 12 nitrogen and oxygen atoms in total. The van der Waals surface area contributed by atoms with E-state index in [1.165, 1.54) is 25.2 Å². The predicted molar refractivity (Wildman–Crippen MR) is 147 cm³/mol. The first-order valence-corrected chi connectivity index (χ1v) is 13.2. The van der Waals surface area contributed by atoms with Crippen molar-refractivity contribution in [2.45, 2.75) is 51.2 Å². The van der Waals surface area contributed by atoms with Crippen LogP contribution in [0.3, 0.4) is 0 Å². The normalized spacial score (nSPS) is 15.9. The summed E-state index contributed by atoms with van der Waals surface area (Å²) >= 11 is 0. The molecule has 0 bridgehead atoms. The quantitative estimate of drug-likeness (QED) is 0.308. The number of nitrogens with one attached hydrogen (secondary N) is 2. The van der Waals surface area contributed by atoms with Crippen LogP contribution in [0.2, 0.25) is 0 Å². The van der Waals surface area contributed by atoms with Crippen LogP contribution in [0.25, 0.3) is 0 Å². The predicted octanol–water partition coefficient (Wildman–Crippen LogP) is 2.40. The van der Waals surface area contributed by atoms with Crippen molar-refractivity contribution in [2.75, 3.05) is 20.8 Å². The molecule has 2 aromatic rings. The molecule has 12 heteroatoms. The van der Waals surface area contributed by atoms with E-state index < -0.39 is 48.2 Å². The second-order valence-electron chi connectivity index (χ2n) is 9.88. The molecule has 1 fully saturated rings. The van der Waals surface area contributed by atoms with Gasteiger partial charge in [-0.15, -0.1) is 0 Å². The van der Waals surface area contributed by atoms with E-state index in [1.54, 1.807) is 50.2 Å². The zero-order valence-electron chi connectivity index (χ0n) is 23.4. The molecule has 0 saturated carbocycles. The summed E-state index contributed by atoms with van der Waals surface area (Å²) in [5.74, 6) is -1.63. The fourth-order valence-corrected chi connectivity index (χ4v) is 4.51. The highest BCUT2D eigenvalue weighted by Crippen LogP contribution is 2.31. The zero-order valence-corrected chi connectivity index (χ0v) is 23.4. The first-order valence-electron chi connectivity index (χ1n) is 13.2. The number of nitrogens with zero attached hydrogens (tertiary/aromatic N) is 1. The Labute approximate surface area is 237 Å². The lowest BCUT2D eigenvalue weighted by Crippen LogP contribution is -2.56. The Morgan fingerprint density at radius 3 is 2.34 bits per heavy atom. The summed E-state index contributed by atoms with van der Waals surface area (Å²) in [6.07, 6.45) is 0.649. The molecular formula is C29H35N3O9. The molecule has 1 heterocycles. The van der Waals surface area contributed by atoms with Crippen molar-refractivity contribution in [3.63, 3.8) is 0 Å². The number of hydrogen-bond donors (Lipinski definition) is 3. The van der Waals surface area contributed by atoms with Gasteiger partial charge in [0, 0.05) is 12.6 Å². The van der Waals surface area contributed by atoms with Crippen LogP contribution in [0.1, 0.15) is 43.5 Å². The van der Waals surface area contributed by atoms with Crippen LogP contribution in [0.5, 0.6) is 23.0 Å². The molecule has 3 N–H and O–H groups in total. The van der Waals surface area contributed by atoms with Gasteiger partial charge in [0.25, 0.3) is 5.91 Å². The summed E-state index contributed by atoms with van der Waals surface area (Å²) in [4.78, 5) is 63.7. The van der Waals surface area contributed by atoms with Crippen molar-refractivity contribution in [1.29, 1.82) is 0 Å². The number of hydrogen-bond acceptors (Lipinski definition) is 8. The smallest absolute Gasteiger partial charge is 0.305 e. The van der Waals surface area contributed by atoms with E-state index in [4.69, 9.17) is 19.3 Å². The zero-order chi connectivity index (χ0) is 30.1. The van der Waals surface area contributed by atoms with Gasteiger partial charge in [-0.3, -0.25) is 19.2 Å². The third-order valence-electron chi connectivity index (χ3n) is 6.64. The summed E-state index contributed by atoms with van der Waals surface area (Å²) < 4.78 is 16.5. The third kappa shape index (κ3) is 7.96. The number of benzene rings is 2. The minimum Gasteiger partial charge on any atom is -0.497 e. The number of likely N-dealkylation sites (tertiary alicyclic amines) is 1. The molecule has 3 atom stereocenters. The Bertz CT molecular complexity index is 1280. The number of carbonyl (C=O) groups excluding carboxylic acids is 4. The van der Waals surface area contributed by atoms with E-state index >= 15 is 0 Å². The Morgan fingerprint density at radius 1 is 1.02 bits per heavy atom. The van der Waals surface area contributed by atoms with Crippen molar-refractivity contribution in [1.82, 2.24) is 15.5 Å². The number of carbonyl (C=O) groups is 5. The minimum atomic E-state index is -1.24. The lowest BCUT2D eigenvalue weighted by Gasteiger charge is -2.31. The van der Waals surface area contributed by atoms with Crippen LogP contribution in [0, 0.1) is 5.92 Å². The average molecular weight is 570 g/mol. The molecule has 220 valence electrons. The molecule has 0 aromatic heterocycles. The van der Waals surface area contributed by atoms with Gasteiger partial charge in [0.05, 0.1) is 32.2 Å². The minimum absolute atomic E-state index is 0.129. The van der Waals surface area contributed by atoms with Crippen LogP contribution in [-0.2, 0) is 19.2 Å². The second kappa shape index (κ2) is 14.1. The first kappa shape index (κ1) is 30.9. The van der Waals surface area contributed by atoms with Crippen LogP contribution in [-0.4, -0.2) is 78.9 Å². The van der Waals surface area contributed by atoms with Gasteiger partial charge in [-0.05, 0) is 49.1 Å². The highest BCUT2D eigenvalue weighted by molar-refractivity contribution is 6.01. The monoisotopic (exact) mass is 569 g/mol. The Hall–Kier alpha value is -4.61. The van der Waals surface area contributed by atoms with Crippen LogP contribution < -0.4 is 24.8 Å². The summed E-state index contributed by atoms with van der Waals surface area (Å²) in [6, 6.07) is 8.48. The van der Waals surface area contributed by atoms with E-state index in [2.05, 4.69) is 10.6 Å². The number of carboxylic acids is 1. The maximum Gasteiger partial charge on any atom is 0.305 e. The van der Waals surface area contributed by atoms with Crippen LogP contribution in [0.4, 0.5) is 0 Å². The summed E-state index contributed by atoms with van der Waals surface area (Å²) in [6.45, 7) is 3.80. The molecule has 41 heavy (non-hydrogen) atoms. The van der Waals surface area contributed by atoms with Gasteiger partial charge in [0.15, 0.2) is 0 Å². The lowest BCUT2D eigenvalue weighted by molar-refractivity contribution is -0.142. The van der Waals surface area contributed by atoms with Gasteiger partial charge in [-0.1, -0.05) is 19.9 Å². The van der Waals surface area contributed by atoms with E-state index in [1.807, 2.05) is 0 Å². The van der Waals surface area contributed by atoms with Gasteiger partial charge in [-0.25, -0.2) is 0 Å². The number of ether oxygens (including phenoxy) is 3. The number of carboxylic acid groups (broad SMARTS) is 1. The van der Waals surface area contributed by atoms with Crippen molar-refractivity contribution in [3.8, 4) is 23.0 Å². The van der Waals surface area contributed by atoms with E-state index in [0.717, 1.165) is 0 Å². The maximum atomic E-state index is 13.7. The van der Waals surface area contributed by atoms with E-state index in [9.17, 15) is 24.0 Å². The fourth-order valence-electron chi connectivity index (χ4n) is 4.51. The topological polar surface area (TPSA) is 161 Å². The molecule has 3 rings (SSSR count). The summed E-state index contributed by atoms with van der Waals surface area (Å²) in [5.41, 5.74) is 0.129. The number of aliphatic carboxylic acids is 1. The van der Waals surface area contributed by atoms with E-state index in [-0.39, 0.29) is 23.8 Å². The van der Waals surface area contributed by atoms with Gasteiger partial charge < -0.3 is 39.6 Å². The van der Waals surface area contributed by atoms with Crippen molar-refractivity contribution in [3.05, 3.63) is 48.0 Å². The SMILES string of the molecule is COc1cccc(Oc2ccc(OC)cc2C(=O)N[C@H](C(=O)N2CCC[C@H]2C(=O)N[C@H](C=O)CC(=O)O)C(C)C)c1. The Morgan fingerprint density at radius 2 is 1.71 bits per heavy atom. The standard InChI is InChI=1S/C29H35N3O9/c1-17(2)26(29(38)32-12-6-9-23(32)28(37)30-18(16-33)13-25(34)35)31-27(36)22-15-20(40-4)10-11-24(22)41-21-8-5-7-19(14-21)39-3/h5,7-8,10-11,14-18,23,26H,6,9,12-13H2,1-4H3,(H,30,37)(H,31,36)(H,34,35)/t18-,23-,26-/m0/s1. The number of rotatable bonds is 13. The maximum absolute atomic E-state index is 13.7. The summed E-state index contributed by atoms with van der Waals surface area (Å²) in [7, 11) is 2.99. The molecule has 1 aliphatic rings. The van der Waals surface area contributed by atoms with Crippen molar-refractivity contribution in [2.24, 2.45) is 5.92 Å². The molecule has 3 amide bonds. The lowest BCUT2D eigenvalue weighted by atomic mass is 10.0. The Balaban J connectivity index is 1.82. The highest BCUT2D eigenvalue weighted by atomic mass is 16.5. The van der Waals surface area contributed by atoms with Crippen LogP contribution in [0.15, 0.2) is 42.5 Å². The second-order valence-corrected chi connectivity index (χ2v) is 9.88. The molecule has 1 aliphatic heterocycles. The first-order chi connectivity index (χ1) is 19.6. The fraction of sp³-hybridized carbons (Fsp3) is 0.414. The summed E-state index contributed by atoms with van der Waals surface area (Å²) in [5, 5.41) is 14.2. The number of aldehydes is 1. The molecule has 1 saturated heterocycles. The molecule has 0 unspecified atom stereocenters. The third-order valence-corrected chi connectivity index (χ3v) is 6.64. The Kier molecular flexibility index (Phi) is 10.7. The van der Waals surface area contributed by atoms with Crippen molar-refractivity contribution < 1.29 is 43.3 Å². The number of methoxy groups -OCH3 is 2. The molecule has 0 aliphatic carbocycles.